The highest BCUT2D eigenvalue weighted by atomic mass is 16.5. The van der Waals surface area contributed by atoms with E-state index in [9.17, 15) is 4.79 Å². The molecule has 0 spiro atoms. The smallest absolute Gasteiger partial charge is 0.321 e. The lowest BCUT2D eigenvalue weighted by Gasteiger charge is -2.25. The van der Waals surface area contributed by atoms with Gasteiger partial charge in [-0.2, -0.15) is 0 Å². The highest BCUT2D eigenvalue weighted by Crippen LogP contribution is 2.16. The van der Waals surface area contributed by atoms with Crippen LogP contribution in [0.25, 0.3) is 0 Å². The van der Waals surface area contributed by atoms with Crippen LogP contribution in [0.4, 0.5) is 10.5 Å². The fraction of sp³-hybridized carbons (Fsp3) is 0.562. The molecule has 1 saturated heterocycles. The molecule has 1 aromatic rings. The summed E-state index contributed by atoms with van der Waals surface area (Å²) in [5.74, 6) is 0.477. The summed E-state index contributed by atoms with van der Waals surface area (Å²) in [5, 5.41) is 2.97. The van der Waals surface area contributed by atoms with Gasteiger partial charge in [-0.1, -0.05) is 24.6 Å². The molecule has 1 aromatic carbocycles. The Bertz CT molecular complexity index is 425. The molecule has 1 aliphatic rings. The number of aryl methyl sites for hydroxylation is 1. The van der Waals surface area contributed by atoms with Gasteiger partial charge in [-0.05, 0) is 31.9 Å². The van der Waals surface area contributed by atoms with Gasteiger partial charge in [-0.15, -0.1) is 0 Å². The number of hydrogen-bond donors (Lipinski definition) is 1. The average Bonchev–Trinajstić information content (AvgIpc) is 2.94. The van der Waals surface area contributed by atoms with Gasteiger partial charge in [0.05, 0.1) is 6.61 Å². The van der Waals surface area contributed by atoms with Crippen molar-refractivity contribution in [2.45, 2.75) is 26.7 Å². The molecule has 110 valence electrons. The third-order valence-corrected chi connectivity index (χ3v) is 3.59. The van der Waals surface area contributed by atoms with E-state index in [-0.39, 0.29) is 6.03 Å². The molecular formula is C16H24N2O2. The minimum absolute atomic E-state index is 0.0115. The molecule has 0 bridgehead atoms. The van der Waals surface area contributed by atoms with Crippen molar-refractivity contribution in [2.24, 2.45) is 5.92 Å². The van der Waals surface area contributed by atoms with Crippen LogP contribution in [0, 0.1) is 12.8 Å². The number of urea groups is 1. The lowest BCUT2D eigenvalue weighted by molar-refractivity contribution is 0.169. The summed E-state index contributed by atoms with van der Waals surface area (Å²) in [5.41, 5.74) is 2.04. The van der Waals surface area contributed by atoms with Gasteiger partial charge in [-0.25, -0.2) is 4.79 Å². The SMILES string of the molecule is CCCN(CC1CCOC1)C(=O)Nc1ccc(C)cc1. The van der Waals surface area contributed by atoms with Crippen LogP contribution in [0.3, 0.4) is 0 Å². The Kier molecular flexibility index (Phi) is 5.41. The van der Waals surface area contributed by atoms with Crippen molar-refractivity contribution in [1.82, 2.24) is 4.90 Å². The number of rotatable bonds is 5. The summed E-state index contributed by atoms with van der Waals surface area (Å²) >= 11 is 0. The van der Waals surface area contributed by atoms with Gasteiger partial charge in [0, 0.05) is 31.3 Å². The minimum Gasteiger partial charge on any atom is -0.381 e. The average molecular weight is 276 g/mol. The second-order valence-corrected chi connectivity index (χ2v) is 5.47. The number of benzene rings is 1. The van der Waals surface area contributed by atoms with Crippen LogP contribution in [0.1, 0.15) is 25.3 Å². The van der Waals surface area contributed by atoms with E-state index in [4.69, 9.17) is 4.74 Å². The van der Waals surface area contributed by atoms with Crippen molar-refractivity contribution >= 4 is 11.7 Å². The molecule has 1 atom stereocenters. The first-order valence-corrected chi connectivity index (χ1v) is 7.39. The van der Waals surface area contributed by atoms with E-state index in [1.807, 2.05) is 36.1 Å². The molecule has 1 N–H and O–H groups in total. The minimum atomic E-state index is -0.0115. The standard InChI is InChI=1S/C16H24N2O2/c1-3-9-18(11-14-8-10-20-12-14)16(19)17-15-6-4-13(2)5-7-15/h4-7,14H,3,8-12H2,1-2H3,(H,17,19). The number of hydrogen-bond acceptors (Lipinski definition) is 2. The molecule has 1 unspecified atom stereocenters. The topological polar surface area (TPSA) is 41.6 Å². The Morgan fingerprint density at radius 2 is 2.15 bits per heavy atom. The van der Waals surface area contributed by atoms with Crippen molar-refractivity contribution in [1.29, 1.82) is 0 Å². The number of amides is 2. The summed E-state index contributed by atoms with van der Waals surface area (Å²) in [6, 6.07) is 7.88. The highest BCUT2D eigenvalue weighted by Gasteiger charge is 2.22. The van der Waals surface area contributed by atoms with Crippen molar-refractivity contribution in [2.75, 3.05) is 31.6 Å². The zero-order chi connectivity index (χ0) is 14.4. The second-order valence-electron chi connectivity index (χ2n) is 5.47. The molecule has 0 radical (unpaired) electrons. The van der Waals surface area contributed by atoms with E-state index in [1.54, 1.807) is 0 Å². The lowest BCUT2D eigenvalue weighted by Crippen LogP contribution is -2.39. The molecule has 4 nitrogen and oxygen atoms in total. The van der Waals surface area contributed by atoms with Gasteiger partial charge in [0.1, 0.15) is 0 Å². The predicted molar refractivity (Wildman–Crippen MR) is 81.0 cm³/mol. The van der Waals surface area contributed by atoms with Crippen LogP contribution in [-0.4, -0.2) is 37.2 Å². The summed E-state index contributed by atoms with van der Waals surface area (Å²) in [4.78, 5) is 14.3. The molecule has 2 rings (SSSR count). The van der Waals surface area contributed by atoms with Crippen LogP contribution in [0.2, 0.25) is 0 Å². The van der Waals surface area contributed by atoms with Crippen LogP contribution < -0.4 is 5.32 Å². The third kappa shape index (κ3) is 4.23. The van der Waals surface area contributed by atoms with E-state index >= 15 is 0 Å². The van der Waals surface area contributed by atoms with E-state index < -0.39 is 0 Å². The maximum absolute atomic E-state index is 12.3. The molecule has 0 aromatic heterocycles. The normalized spacial score (nSPS) is 18.0. The number of carbonyl (C=O) groups excluding carboxylic acids is 1. The van der Waals surface area contributed by atoms with Crippen molar-refractivity contribution in [3.63, 3.8) is 0 Å². The summed E-state index contributed by atoms with van der Waals surface area (Å²) in [6.45, 7) is 7.30. The quantitative estimate of drug-likeness (QED) is 0.896. The van der Waals surface area contributed by atoms with Crippen molar-refractivity contribution < 1.29 is 9.53 Å². The maximum Gasteiger partial charge on any atom is 0.321 e. The molecule has 4 heteroatoms. The molecule has 20 heavy (non-hydrogen) atoms. The zero-order valence-electron chi connectivity index (χ0n) is 12.4. The lowest BCUT2D eigenvalue weighted by atomic mass is 10.1. The van der Waals surface area contributed by atoms with E-state index in [0.717, 1.165) is 44.8 Å². The first-order chi connectivity index (χ1) is 9.69. The number of nitrogens with zero attached hydrogens (tertiary/aromatic N) is 1. The molecular weight excluding hydrogens is 252 g/mol. The third-order valence-electron chi connectivity index (χ3n) is 3.59. The molecule has 1 aliphatic heterocycles. The number of carbonyl (C=O) groups is 1. The Labute approximate surface area is 121 Å². The maximum atomic E-state index is 12.3. The fourth-order valence-electron chi connectivity index (χ4n) is 2.42. The molecule has 0 saturated carbocycles. The molecule has 1 fully saturated rings. The Hall–Kier alpha value is -1.55. The first kappa shape index (κ1) is 14.9. The van der Waals surface area contributed by atoms with Gasteiger partial charge >= 0.3 is 6.03 Å². The monoisotopic (exact) mass is 276 g/mol. The molecule has 1 heterocycles. The van der Waals surface area contributed by atoms with E-state index in [0.29, 0.717) is 5.92 Å². The summed E-state index contributed by atoms with van der Waals surface area (Å²) < 4.78 is 5.39. The Morgan fingerprint density at radius 1 is 1.40 bits per heavy atom. The van der Waals surface area contributed by atoms with Gasteiger partial charge in [0.15, 0.2) is 0 Å². The van der Waals surface area contributed by atoms with Crippen LogP contribution in [-0.2, 0) is 4.74 Å². The van der Waals surface area contributed by atoms with Crippen LogP contribution in [0.15, 0.2) is 24.3 Å². The fourth-order valence-corrected chi connectivity index (χ4v) is 2.42. The highest BCUT2D eigenvalue weighted by molar-refractivity contribution is 5.89. The summed E-state index contributed by atoms with van der Waals surface area (Å²) in [6.07, 6.45) is 2.02. The van der Waals surface area contributed by atoms with E-state index in [1.165, 1.54) is 5.56 Å². The number of ether oxygens (including phenoxy) is 1. The second kappa shape index (κ2) is 7.29. The Balaban J connectivity index is 1.93. The van der Waals surface area contributed by atoms with Gasteiger partial charge < -0.3 is 15.0 Å². The first-order valence-electron chi connectivity index (χ1n) is 7.39. The van der Waals surface area contributed by atoms with Gasteiger partial charge in [0.2, 0.25) is 0 Å². The van der Waals surface area contributed by atoms with Crippen LogP contribution >= 0.6 is 0 Å². The molecule has 2 amide bonds. The van der Waals surface area contributed by atoms with Crippen molar-refractivity contribution in [3.8, 4) is 0 Å². The number of nitrogens with one attached hydrogen (secondary N) is 1. The van der Waals surface area contributed by atoms with Gasteiger partial charge in [-0.3, -0.25) is 0 Å². The zero-order valence-corrected chi connectivity index (χ0v) is 12.4. The van der Waals surface area contributed by atoms with Crippen LogP contribution in [0.5, 0.6) is 0 Å². The predicted octanol–water partition coefficient (Wildman–Crippen LogP) is 3.28. The number of anilines is 1. The summed E-state index contributed by atoms with van der Waals surface area (Å²) in [7, 11) is 0. The Morgan fingerprint density at radius 3 is 2.75 bits per heavy atom. The largest absolute Gasteiger partial charge is 0.381 e. The van der Waals surface area contributed by atoms with Crippen molar-refractivity contribution in [3.05, 3.63) is 29.8 Å². The molecule has 0 aliphatic carbocycles. The van der Waals surface area contributed by atoms with Gasteiger partial charge in [0.25, 0.3) is 0 Å². The van der Waals surface area contributed by atoms with E-state index in [2.05, 4.69) is 12.2 Å².